The van der Waals surface area contributed by atoms with Gasteiger partial charge in [0.1, 0.15) is 24.1 Å². The van der Waals surface area contributed by atoms with Gasteiger partial charge in [-0.15, -0.1) is 5.10 Å². The highest BCUT2D eigenvalue weighted by atomic mass is 19.4. The molecule has 0 saturated carbocycles. The highest BCUT2D eigenvalue weighted by Gasteiger charge is 2.30. The second-order valence-corrected chi connectivity index (χ2v) is 5.59. The van der Waals surface area contributed by atoms with E-state index in [1.807, 2.05) is 6.07 Å². The first-order valence-corrected chi connectivity index (χ1v) is 7.59. The lowest BCUT2D eigenvalue weighted by Gasteiger charge is -2.13. The van der Waals surface area contributed by atoms with Crippen LogP contribution in [0.5, 0.6) is 5.75 Å². The molecule has 0 aliphatic rings. The molecular formula is C18H13F3N4O. The van der Waals surface area contributed by atoms with Crippen LogP contribution < -0.4 is 4.74 Å². The molecule has 0 aliphatic heterocycles. The normalized spacial score (nSPS) is 11.2. The third kappa shape index (κ3) is 3.67. The molecule has 0 aliphatic carbocycles. The number of alkyl halides is 3. The van der Waals surface area contributed by atoms with Gasteiger partial charge in [-0.25, -0.2) is 0 Å². The Hall–Kier alpha value is -3.34. The summed E-state index contributed by atoms with van der Waals surface area (Å²) >= 11 is 0. The van der Waals surface area contributed by atoms with Crippen molar-refractivity contribution in [3.63, 3.8) is 0 Å². The Morgan fingerprint density at radius 3 is 2.69 bits per heavy atom. The van der Waals surface area contributed by atoms with Crippen LogP contribution in [0.25, 0.3) is 11.3 Å². The highest BCUT2D eigenvalue weighted by molar-refractivity contribution is 5.65. The molecule has 2 aromatic carbocycles. The molecule has 5 nitrogen and oxygen atoms in total. The van der Waals surface area contributed by atoms with Gasteiger partial charge < -0.3 is 4.74 Å². The average Bonchev–Trinajstić information content (AvgIpc) is 3.09. The number of aromatic nitrogens is 3. The molecule has 1 heterocycles. The minimum atomic E-state index is -4.40. The zero-order valence-corrected chi connectivity index (χ0v) is 13.6. The first kappa shape index (κ1) is 17.5. The van der Waals surface area contributed by atoms with Gasteiger partial charge in [0, 0.05) is 5.56 Å². The number of benzene rings is 2. The largest absolute Gasteiger partial charge is 0.489 e. The maximum atomic E-state index is 12.9. The molecule has 1 N–H and O–H groups in total. The quantitative estimate of drug-likeness (QED) is 0.757. The van der Waals surface area contributed by atoms with Crippen molar-refractivity contribution in [3.8, 4) is 23.1 Å². The molecule has 0 radical (unpaired) electrons. The number of hydrogen-bond donors (Lipinski definition) is 1. The van der Waals surface area contributed by atoms with Crippen LogP contribution in [0.1, 0.15) is 22.4 Å². The van der Waals surface area contributed by atoms with Crippen LogP contribution in [0.15, 0.2) is 42.5 Å². The van der Waals surface area contributed by atoms with Gasteiger partial charge in [-0.1, -0.05) is 18.2 Å². The molecule has 0 saturated heterocycles. The number of nitriles is 1. The van der Waals surface area contributed by atoms with Crippen molar-refractivity contribution in [3.05, 3.63) is 64.8 Å². The fourth-order valence-corrected chi connectivity index (χ4v) is 2.41. The Kier molecular flexibility index (Phi) is 4.63. The van der Waals surface area contributed by atoms with E-state index < -0.39 is 11.7 Å². The zero-order chi connectivity index (χ0) is 18.7. The molecule has 0 bridgehead atoms. The molecule has 1 aromatic heterocycles. The predicted octanol–water partition coefficient (Wildman–Crippen LogP) is 4.25. The molecule has 0 spiro atoms. The lowest BCUT2D eigenvalue weighted by Crippen LogP contribution is -2.07. The molecule has 0 atom stereocenters. The number of halogens is 3. The van der Waals surface area contributed by atoms with Gasteiger partial charge in [0.25, 0.3) is 0 Å². The van der Waals surface area contributed by atoms with Gasteiger partial charge in [0.2, 0.25) is 0 Å². The summed E-state index contributed by atoms with van der Waals surface area (Å²) in [5.74, 6) is 0.450. The van der Waals surface area contributed by atoms with Crippen LogP contribution in [-0.2, 0) is 12.8 Å². The summed E-state index contributed by atoms with van der Waals surface area (Å²) in [5.41, 5.74) is 1.59. The maximum absolute atomic E-state index is 12.9. The predicted molar refractivity (Wildman–Crippen MR) is 87.0 cm³/mol. The number of nitrogens with one attached hydrogen (secondary N) is 1. The van der Waals surface area contributed by atoms with Crippen molar-refractivity contribution in [2.75, 3.05) is 0 Å². The highest BCUT2D eigenvalue weighted by Crippen LogP contribution is 2.31. The van der Waals surface area contributed by atoms with Crippen LogP contribution in [0.3, 0.4) is 0 Å². The van der Waals surface area contributed by atoms with Crippen LogP contribution >= 0.6 is 0 Å². The van der Waals surface area contributed by atoms with Gasteiger partial charge >= 0.3 is 6.18 Å². The molecule has 132 valence electrons. The van der Waals surface area contributed by atoms with Crippen molar-refractivity contribution in [2.45, 2.75) is 19.7 Å². The Bertz CT molecular complexity index is 973. The topological polar surface area (TPSA) is 74.6 Å². The van der Waals surface area contributed by atoms with Crippen molar-refractivity contribution in [1.82, 2.24) is 15.4 Å². The van der Waals surface area contributed by atoms with Crippen molar-refractivity contribution < 1.29 is 17.9 Å². The molecule has 26 heavy (non-hydrogen) atoms. The van der Waals surface area contributed by atoms with E-state index in [4.69, 9.17) is 10.00 Å². The van der Waals surface area contributed by atoms with Gasteiger partial charge in [-0.2, -0.15) is 28.7 Å². The Labute approximate surface area is 147 Å². The van der Waals surface area contributed by atoms with Crippen molar-refractivity contribution in [1.29, 1.82) is 5.26 Å². The monoisotopic (exact) mass is 358 g/mol. The number of ether oxygens (including phenoxy) is 1. The summed E-state index contributed by atoms with van der Waals surface area (Å²) in [7, 11) is 0. The summed E-state index contributed by atoms with van der Waals surface area (Å²) in [6.45, 7) is 1.72. The van der Waals surface area contributed by atoms with Crippen LogP contribution in [0.4, 0.5) is 13.2 Å². The van der Waals surface area contributed by atoms with Gasteiger partial charge in [0.05, 0.1) is 5.56 Å². The van der Waals surface area contributed by atoms with E-state index in [1.165, 1.54) is 6.07 Å². The molecule has 0 amide bonds. The summed E-state index contributed by atoms with van der Waals surface area (Å²) in [5, 5.41) is 19.1. The average molecular weight is 358 g/mol. The van der Waals surface area contributed by atoms with Gasteiger partial charge in [0.15, 0.2) is 5.69 Å². The van der Waals surface area contributed by atoms with E-state index in [9.17, 15) is 13.2 Å². The molecule has 8 heteroatoms. The summed E-state index contributed by atoms with van der Waals surface area (Å²) in [6, 6.07) is 12.3. The standard InChI is InChI=1S/C18H13F3N4O/c1-11-5-6-14(18(19,20)21)7-13(11)10-26-15-4-2-3-12(8-15)17-16(9-22)23-25-24-17/h2-8H,10H2,1H3,(H,23,24,25). The first-order valence-electron chi connectivity index (χ1n) is 7.59. The number of nitrogens with zero attached hydrogens (tertiary/aromatic N) is 3. The third-order valence-electron chi connectivity index (χ3n) is 3.83. The molecule has 0 fully saturated rings. The van der Waals surface area contributed by atoms with Gasteiger partial charge in [-0.3, -0.25) is 0 Å². The number of H-pyrrole nitrogens is 1. The van der Waals surface area contributed by atoms with Crippen LogP contribution in [0.2, 0.25) is 0 Å². The molecule has 0 unspecified atom stereocenters. The second-order valence-electron chi connectivity index (χ2n) is 5.59. The molecule has 3 rings (SSSR count). The van der Waals surface area contributed by atoms with E-state index in [1.54, 1.807) is 31.2 Å². The number of aromatic amines is 1. The van der Waals surface area contributed by atoms with E-state index in [2.05, 4.69) is 15.4 Å². The Balaban J connectivity index is 1.81. The van der Waals surface area contributed by atoms with E-state index in [-0.39, 0.29) is 12.3 Å². The number of rotatable bonds is 4. The van der Waals surface area contributed by atoms with E-state index in [0.717, 1.165) is 12.1 Å². The third-order valence-corrected chi connectivity index (χ3v) is 3.83. The first-order chi connectivity index (χ1) is 12.4. The minimum Gasteiger partial charge on any atom is -0.489 e. The molecule has 3 aromatic rings. The lowest BCUT2D eigenvalue weighted by atomic mass is 10.1. The Morgan fingerprint density at radius 2 is 1.96 bits per heavy atom. The van der Waals surface area contributed by atoms with Crippen molar-refractivity contribution in [2.24, 2.45) is 0 Å². The zero-order valence-electron chi connectivity index (χ0n) is 13.6. The summed E-state index contributed by atoms with van der Waals surface area (Å²) in [4.78, 5) is 0. The van der Waals surface area contributed by atoms with E-state index in [0.29, 0.717) is 28.1 Å². The summed E-state index contributed by atoms with van der Waals surface area (Å²) < 4.78 is 44.2. The minimum absolute atomic E-state index is 0.0108. The lowest BCUT2D eigenvalue weighted by molar-refractivity contribution is -0.137. The number of aryl methyl sites for hydroxylation is 1. The second kappa shape index (κ2) is 6.88. The maximum Gasteiger partial charge on any atom is 0.416 e. The smallest absolute Gasteiger partial charge is 0.416 e. The fraction of sp³-hybridized carbons (Fsp3) is 0.167. The van der Waals surface area contributed by atoms with E-state index >= 15 is 0 Å². The summed E-state index contributed by atoms with van der Waals surface area (Å²) in [6.07, 6.45) is -4.40. The number of hydrogen-bond acceptors (Lipinski definition) is 4. The SMILES string of the molecule is Cc1ccc(C(F)(F)F)cc1COc1cccc(-c2n[nH]nc2C#N)c1. The van der Waals surface area contributed by atoms with Gasteiger partial charge in [-0.05, 0) is 42.3 Å². The van der Waals surface area contributed by atoms with Crippen LogP contribution in [-0.4, -0.2) is 15.4 Å². The fourth-order valence-electron chi connectivity index (χ4n) is 2.41. The van der Waals surface area contributed by atoms with Crippen LogP contribution in [0, 0.1) is 18.3 Å². The molecular weight excluding hydrogens is 345 g/mol. The van der Waals surface area contributed by atoms with Crippen molar-refractivity contribution >= 4 is 0 Å². The Morgan fingerprint density at radius 1 is 1.15 bits per heavy atom.